The van der Waals surface area contributed by atoms with E-state index < -0.39 is 0 Å². The van der Waals surface area contributed by atoms with Crippen LogP contribution in [0.1, 0.15) is 39.5 Å². The summed E-state index contributed by atoms with van der Waals surface area (Å²) < 4.78 is 4.01. The fraction of sp³-hybridized carbons (Fsp3) is 0.727. The van der Waals surface area contributed by atoms with Crippen LogP contribution >= 0.6 is 58.4 Å². The molecule has 0 aliphatic carbocycles. The first-order valence-corrected chi connectivity index (χ1v) is 9.68. The van der Waals surface area contributed by atoms with E-state index in [1.165, 1.54) is 45.6 Å². The van der Waals surface area contributed by atoms with Crippen molar-refractivity contribution in [1.29, 1.82) is 0 Å². The number of unbranched alkanes of at least 4 members (excludes halogenated alkanes) is 2. The Hall–Kier alpha value is 0.970. The molecule has 0 unspecified atom stereocenters. The number of hydrogen-bond acceptors (Lipinski definition) is 5. The minimum atomic E-state index is 1.08. The van der Waals surface area contributed by atoms with Gasteiger partial charge >= 0.3 is 0 Å². The summed E-state index contributed by atoms with van der Waals surface area (Å²) in [7, 11) is 0. The van der Waals surface area contributed by atoms with Crippen LogP contribution in [0, 0.1) is 3.14 Å². The van der Waals surface area contributed by atoms with E-state index in [-0.39, 0.29) is 0 Å². The molecule has 1 heterocycles. The predicted molar refractivity (Wildman–Crippen MR) is 84.3 cm³/mol. The van der Waals surface area contributed by atoms with Crippen LogP contribution in [0.3, 0.4) is 0 Å². The lowest BCUT2D eigenvalue weighted by Gasteiger charge is -2.01. The maximum absolute atomic E-state index is 5.29. The largest absolute Gasteiger partial charge is 0.145 e. The molecule has 0 aromatic carbocycles. The highest BCUT2D eigenvalue weighted by Gasteiger charge is 2.08. The van der Waals surface area contributed by atoms with Gasteiger partial charge in [0.25, 0.3) is 0 Å². The van der Waals surface area contributed by atoms with Crippen molar-refractivity contribution in [3.63, 3.8) is 0 Å². The Labute approximate surface area is 120 Å². The van der Waals surface area contributed by atoms with Gasteiger partial charge in [0.15, 0.2) is 0 Å². The van der Waals surface area contributed by atoms with E-state index in [2.05, 4.69) is 13.8 Å². The van der Waals surface area contributed by atoms with Gasteiger partial charge in [0.2, 0.25) is 0 Å². The first-order valence-electron chi connectivity index (χ1n) is 5.67. The third kappa shape index (κ3) is 5.54. The van der Waals surface area contributed by atoms with Crippen LogP contribution in [0.25, 0.3) is 0 Å². The predicted octanol–water partition coefficient (Wildman–Crippen LogP) is 6.32. The molecule has 1 rings (SSSR count). The van der Waals surface area contributed by atoms with E-state index in [4.69, 9.17) is 12.2 Å². The molecule has 0 saturated heterocycles. The summed E-state index contributed by atoms with van der Waals surface area (Å²) >= 11 is 12.9. The monoisotopic (exact) mass is 310 g/mol. The Morgan fingerprint density at radius 1 is 0.938 bits per heavy atom. The summed E-state index contributed by atoms with van der Waals surface area (Å²) in [5.41, 5.74) is 0. The average molecular weight is 311 g/mol. The SMILES string of the molecule is CCCCSc1sc(=S)sc1SCCCC. The molecule has 0 aliphatic heterocycles. The quantitative estimate of drug-likeness (QED) is 0.313. The maximum Gasteiger partial charge on any atom is 0.145 e. The van der Waals surface area contributed by atoms with Gasteiger partial charge in [-0.3, -0.25) is 0 Å². The van der Waals surface area contributed by atoms with Crippen LogP contribution in [-0.2, 0) is 0 Å². The molecule has 16 heavy (non-hydrogen) atoms. The standard InChI is InChI=1S/C11H18S5/c1-3-5-7-13-9-10(14-8-6-4-2)16-11(12)15-9/h3-8H2,1-2H3. The van der Waals surface area contributed by atoms with Gasteiger partial charge in [-0.2, -0.15) is 0 Å². The zero-order valence-corrected chi connectivity index (χ0v) is 13.9. The third-order valence-corrected chi connectivity index (χ3v) is 7.74. The van der Waals surface area contributed by atoms with Gasteiger partial charge in [-0.05, 0) is 24.3 Å². The van der Waals surface area contributed by atoms with Gasteiger partial charge < -0.3 is 0 Å². The van der Waals surface area contributed by atoms with Gasteiger partial charge in [-0.25, -0.2) is 0 Å². The number of hydrogen-bond donors (Lipinski definition) is 0. The second kappa shape index (κ2) is 8.97. The molecular weight excluding hydrogens is 292 g/mol. The van der Waals surface area contributed by atoms with E-state index >= 15 is 0 Å². The van der Waals surface area contributed by atoms with Gasteiger partial charge in [0.05, 0.1) is 8.42 Å². The van der Waals surface area contributed by atoms with Crippen molar-refractivity contribution in [1.82, 2.24) is 0 Å². The lowest BCUT2D eigenvalue weighted by molar-refractivity contribution is 0.895. The Bertz CT molecular complexity index is 308. The normalized spacial score (nSPS) is 10.9. The summed E-state index contributed by atoms with van der Waals surface area (Å²) in [5, 5.41) is 0. The lowest BCUT2D eigenvalue weighted by atomic mass is 10.4. The first-order chi connectivity index (χ1) is 7.77. The van der Waals surface area contributed by atoms with Crippen LogP contribution in [0.5, 0.6) is 0 Å². The fourth-order valence-electron chi connectivity index (χ4n) is 1.05. The van der Waals surface area contributed by atoms with Crippen molar-refractivity contribution >= 4 is 58.4 Å². The minimum absolute atomic E-state index is 1.08. The Morgan fingerprint density at radius 2 is 1.38 bits per heavy atom. The van der Waals surface area contributed by atoms with Gasteiger partial charge in [0, 0.05) is 0 Å². The van der Waals surface area contributed by atoms with E-state index in [1.54, 1.807) is 22.7 Å². The molecule has 0 saturated carbocycles. The van der Waals surface area contributed by atoms with Crippen molar-refractivity contribution in [2.75, 3.05) is 11.5 Å². The minimum Gasteiger partial charge on any atom is -0.113 e. The highest BCUT2D eigenvalue weighted by Crippen LogP contribution is 2.41. The second-order valence-corrected chi connectivity index (χ2v) is 9.38. The molecular formula is C11H18S5. The van der Waals surface area contributed by atoms with Gasteiger partial charge in [0.1, 0.15) is 3.14 Å². The zero-order valence-electron chi connectivity index (χ0n) is 9.78. The number of thioether (sulfide) groups is 2. The molecule has 1 aromatic heterocycles. The molecule has 0 nitrogen and oxygen atoms in total. The summed E-state index contributed by atoms with van der Waals surface area (Å²) in [5.74, 6) is 2.47. The topological polar surface area (TPSA) is 0 Å². The summed E-state index contributed by atoms with van der Waals surface area (Å²) in [4.78, 5) is 0. The molecule has 0 spiro atoms. The van der Waals surface area contributed by atoms with E-state index in [0.717, 1.165) is 3.14 Å². The van der Waals surface area contributed by atoms with Crippen molar-refractivity contribution < 1.29 is 0 Å². The number of rotatable bonds is 8. The molecule has 0 atom stereocenters. The molecule has 0 aliphatic rings. The summed E-state index contributed by atoms with van der Waals surface area (Å²) in [6, 6.07) is 0. The van der Waals surface area contributed by atoms with E-state index in [9.17, 15) is 0 Å². The molecule has 0 fully saturated rings. The molecule has 92 valence electrons. The first kappa shape index (κ1) is 15.0. The summed E-state index contributed by atoms with van der Waals surface area (Å²) in [6.45, 7) is 4.49. The van der Waals surface area contributed by atoms with Crippen LogP contribution in [0.2, 0.25) is 0 Å². The molecule has 0 amide bonds. The van der Waals surface area contributed by atoms with Crippen molar-refractivity contribution in [2.45, 2.75) is 47.9 Å². The fourth-order valence-corrected chi connectivity index (χ4v) is 7.47. The highest BCUT2D eigenvalue weighted by molar-refractivity contribution is 8.05. The molecule has 5 heteroatoms. The van der Waals surface area contributed by atoms with Crippen LogP contribution in [-0.4, -0.2) is 11.5 Å². The smallest absolute Gasteiger partial charge is 0.113 e. The van der Waals surface area contributed by atoms with Crippen molar-refractivity contribution in [3.8, 4) is 0 Å². The van der Waals surface area contributed by atoms with Crippen LogP contribution in [0.4, 0.5) is 0 Å². The Morgan fingerprint density at radius 3 is 1.75 bits per heavy atom. The molecule has 0 bridgehead atoms. The molecule has 0 N–H and O–H groups in total. The zero-order chi connectivity index (χ0) is 11.8. The Balaban J connectivity index is 2.50. The lowest BCUT2D eigenvalue weighted by Crippen LogP contribution is -1.79. The molecule has 1 aromatic rings. The van der Waals surface area contributed by atoms with Crippen LogP contribution in [0.15, 0.2) is 8.42 Å². The van der Waals surface area contributed by atoms with Gasteiger partial charge in [-0.15, -0.1) is 46.2 Å². The Kier molecular flexibility index (Phi) is 8.43. The third-order valence-electron chi connectivity index (χ3n) is 1.98. The van der Waals surface area contributed by atoms with E-state index in [1.807, 2.05) is 23.5 Å². The average Bonchev–Trinajstić information content (AvgIpc) is 2.60. The van der Waals surface area contributed by atoms with Crippen molar-refractivity contribution in [2.24, 2.45) is 0 Å². The van der Waals surface area contributed by atoms with Gasteiger partial charge in [-0.1, -0.05) is 38.9 Å². The maximum atomic E-state index is 5.29. The molecule has 0 radical (unpaired) electrons. The highest BCUT2D eigenvalue weighted by atomic mass is 32.2. The second-order valence-electron chi connectivity index (χ2n) is 3.43. The van der Waals surface area contributed by atoms with Crippen molar-refractivity contribution in [3.05, 3.63) is 3.14 Å². The summed E-state index contributed by atoms with van der Waals surface area (Å²) in [6.07, 6.45) is 5.17. The van der Waals surface area contributed by atoms with Crippen LogP contribution < -0.4 is 0 Å². The van der Waals surface area contributed by atoms with E-state index in [0.29, 0.717) is 0 Å².